The van der Waals surface area contributed by atoms with Crippen molar-refractivity contribution >= 4 is 5.96 Å². The molecular weight excluding hydrogens is 343 g/mol. The molecule has 0 aliphatic carbocycles. The number of hydrogen-bond donors (Lipinski definition) is 2. The summed E-state index contributed by atoms with van der Waals surface area (Å²) in [5.41, 5.74) is 0. The predicted octanol–water partition coefficient (Wildman–Crippen LogP) is 2.44. The van der Waals surface area contributed by atoms with E-state index in [1.807, 2.05) is 6.92 Å². The first kappa shape index (κ1) is 21.3. The molecule has 0 amide bonds. The van der Waals surface area contributed by atoms with E-state index in [2.05, 4.69) is 27.4 Å². The second kappa shape index (κ2) is 10.3. The Hall–Kier alpha value is -1.02. The lowest BCUT2D eigenvalue weighted by Gasteiger charge is -2.33. The van der Waals surface area contributed by atoms with Gasteiger partial charge in [0.05, 0.1) is 6.54 Å². The number of likely N-dealkylation sites (tertiary alicyclic amines) is 2. The number of alkyl halides is 3. The molecule has 2 fully saturated rings. The fourth-order valence-corrected chi connectivity index (χ4v) is 3.82. The Morgan fingerprint density at radius 3 is 2.69 bits per heavy atom. The van der Waals surface area contributed by atoms with Crippen LogP contribution in [-0.4, -0.2) is 79.8 Å². The third-order valence-corrected chi connectivity index (χ3v) is 5.17. The number of halogens is 3. The van der Waals surface area contributed by atoms with E-state index in [-0.39, 0.29) is 6.04 Å². The van der Waals surface area contributed by atoms with Gasteiger partial charge in [-0.15, -0.1) is 0 Å². The quantitative estimate of drug-likeness (QED) is 0.406. The maximum absolute atomic E-state index is 12.5. The van der Waals surface area contributed by atoms with Gasteiger partial charge in [-0.3, -0.25) is 9.89 Å². The van der Waals surface area contributed by atoms with Gasteiger partial charge >= 0.3 is 6.18 Å². The molecule has 0 aromatic heterocycles. The minimum absolute atomic E-state index is 0.0252. The first-order valence-corrected chi connectivity index (χ1v) is 9.95. The van der Waals surface area contributed by atoms with Gasteiger partial charge in [-0.1, -0.05) is 6.42 Å². The third kappa shape index (κ3) is 7.70. The molecule has 0 bridgehead atoms. The van der Waals surface area contributed by atoms with Crippen molar-refractivity contribution in [2.45, 2.75) is 64.2 Å². The van der Waals surface area contributed by atoms with E-state index >= 15 is 0 Å². The van der Waals surface area contributed by atoms with Crippen LogP contribution in [0.1, 0.15) is 46.0 Å². The lowest BCUT2D eigenvalue weighted by Crippen LogP contribution is -2.45. The van der Waals surface area contributed by atoms with Gasteiger partial charge in [-0.05, 0) is 46.1 Å². The Balaban J connectivity index is 1.72. The highest BCUT2D eigenvalue weighted by Gasteiger charge is 2.34. The summed E-state index contributed by atoms with van der Waals surface area (Å²) in [4.78, 5) is 8.60. The van der Waals surface area contributed by atoms with Crippen LogP contribution in [0.25, 0.3) is 0 Å². The van der Waals surface area contributed by atoms with Crippen molar-refractivity contribution in [3.8, 4) is 0 Å². The maximum atomic E-state index is 12.5. The molecule has 26 heavy (non-hydrogen) atoms. The summed E-state index contributed by atoms with van der Waals surface area (Å²) < 4.78 is 37.5. The lowest BCUT2D eigenvalue weighted by atomic mass is 10.0. The molecule has 2 unspecified atom stereocenters. The van der Waals surface area contributed by atoms with E-state index in [1.54, 1.807) is 0 Å². The highest BCUT2D eigenvalue weighted by molar-refractivity contribution is 5.80. The number of aliphatic imine (C=N–C) groups is 1. The Labute approximate surface area is 155 Å². The van der Waals surface area contributed by atoms with Crippen LogP contribution in [0, 0.1) is 0 Å². The van der Waals surface area contributed by atoms with Gasteiger partial charge in [0.25, 0.3) is 0 Å². The van der Waals surface area contributed by atoms with Gasteiger partial charge in [0, 0.05) is 44.8 Å². The van der Waals surface area contributed by atoms with Gasteiger partial charge in [-0.25, -0.2) is 0 Å². The smallest absolute Gasteiger partial charge is 0.357 e. The number of guanidine groups is 1. The van der Waals surface area contributed by atoms with Gasteiger partial charge in [-0.2, -0.15) is 13.2 Å². The number of hydrogen-bond acceptors (Lipinski definition) is 3. The van der Waals surface area contributed by atoms with E-state index < -0.39 is 12.7 Å². The number of nitrogens with one attached hydrogen (secondary N) is 2. The Morgan fingerprint density at radius 2 is 2.00 bits per heavy atom. The first-order valence-electron chi connectivity index (χ1n) is 9.95. The molecule has 0 aromatic rings. The zero-order valence-corrected chi connectivity index (χ0v) is 16.1. The van der Waals surface area contributed by atoms with Gasteiger partial charge in [0.1, 0.15) is 0 Å². The lowest BCUT2D eigenvalue weighted by molar-refractivity contribution is -0.143. The molecule has 0 saturated carbocycles. The van der Waals surface area contributed by atoms with Crippen molar-refractivity contribution in [3.05, 3.63) is 0 Å². The summed E-state index contributed by atoms with van der Waals surface area (Å²) in [5, 5.41) is 6.50. The zero-order valence-electron chi connectivity index (χ0n) is 16.1. The topological polar surface area (TPSA) is 42.9 Å². The summed E-state index contributed by atoms with van der Waals surface area (Å²) in [7, 11) is 0. The molecule has 2 heterocycles. The second-order valence-electron chi connectivity index (χ2n) is 7.48. The van der Waals surface area contributed by atoms with Crippen LogP contribution in [0.5, 0.6) is 0 Å². The van der Waals surface area contributed by atoms with Crippen LogP contribution in [0.15, 0.2) is 4.99 Å². The van der Waals surface area contributed by atoms with E-state index in [0.29, 0.717) is 25.6 Å². The molecule has 2 aliphatic rings. The summed E-state index contributed by atoms with van der Waals surface area (Å²) >= 11 is 0. The average molecular weight is 377 g/mol. The SMILES string of the molecule is CCNC(=NCCCN1CCCCC1C)NC1CCN(CC(F)(F)F)C1. The van der Waals surface area contributed by atoms with Crippen LogP contribution >= 0.6 is 0 Å². The maximum Gasteiger partial charge on any atom is 0.401 e. The molecule has 152 valence electrons. The number of nitrogens with zero attached hydrogens (tertiary/aromatic N) is 3. The monoisotopic (exact) mass is 377 g/mol. The van der Waals surface area contributed by atoms with Gasteiger partial charge in [0.15, 0.2) is 5.96 Å². The highest BCUT2D eigenvalue weighted by Crippen LogP contribution is 2.20. The van der Waals surface area contributed by atoms with E-state index in [0.717, 1.165) is 32.0 Å². The zero-order chi connectivity index (χ0) is 19.0. The molecule has 0 aromatic carbocycles. The fraction of sp³-hybridized carbons (Fsp3) is 0.944. The molecule has 5 nitrogen and oxygen atoms in total. The molecule has 2 saturated heterocycles. The predicted molar refractivity (Wildman–Crippen MR) is 99.5 cm³/mol. The van der Waals surface area contributed by atoms with Crippen LogP contribution in [-0.2, 0) is 0 Å². The Bertz CT molecular complexity index is 441. The van der Waals surface area contributed by atoms with E-state index in [4.69, 9.17) is 0 Å². The number of piperidine rings is 1. The number of rotatable bonds is 7. The summed E-state index contributed by atoms with van der Waals surface area (Å²) in [6, 6.07) is 0.689. The Morgan fingerprint density at radius 1 is 1.19 bits per heavy atom. The molecule has 2 atom stereocenters. The summed E-state index contributed by atoms with van der Waals surface area (Å²) in [5.74, 6) is 0.720. The van der Waals surface area contributed by atoms with Crippen molar-refractivity contribution in [2.24, 2.45) is 4.99 Å². The van der Waals surface area contributed by atoms with Crippen molar-refractivity contribution in [3.63, 3.8) is 0 Å². The van der Waals surface area contributed by atoms with Gasteiger partial charge in [0.2, 0.25) is 0 Å². The molecule has 2 rings (SSSR count). The first-order chi connectivity index (χ1) is 12.4. The highest BCUT2D eigenvalue weighted by atomic mass is 19.4. The van der Waals surface area contributed by atoms with Crippen molar-refractivity contribution in [1.29, 1.82) is 0 Å². The molecule has 2 aliphatic heterocycles. The summed E-state index contributed by atoms with van der Waals surface area (Å²) in [6.07, 6.45) is 1.49. The molecule has 0 radical (unpaired) electrons. The van der Waals surface area contributed by atoms with E-state index in [9.17, 15) is 13.2 Å². The van der Waals surface area contributed by atoms with Crippen LogP contribution in [0.3, 0.4) is 0 Å². The third-order valence-electron chi connectivity index (χ3n) is 5.17. The van der Waals surface area contributed by atoms with Crippen LogP contribution in [0.2, 0.25) is 0 Å². The largest absolute Gasteiger partial charge is 0.401 e. The van der Waals surface area contributed by atoms with Crippen LogP contribution in [0.4, 0.5) is 13.2 Å². The van der Waals surface area contributed by atoms with E-state index in [1.165, 1.54) is 30.7 Å². The minimum Gasteiger partial charge on any atom is -0.357 e. The molecular formula is C18H34F3N5. The van der Waals surface area contributed by atoms with Crippen molar-refractivity contribution in [2.75, 3.05) is 45.8 Å². The van der Waals surface area contributed by atoms with Crippen molar-refractivity contribution < 1.29 is 13.2 Å². The normalized spacial score (nSPS) is 26.3. The molecule has 0 spiro atoms. The summed E-state index contributed by atoms with van der Waals surface area (Å²) in [6.45, 7) is 8.07. The van der Waals surface area contributed by atoms with Crippen LogP contribution < -0.4 is 10.6 Å². The Kier molecular flexibility index (Phi) is 8.47. The molecule has 8 heteroatoms. The average Bonchev–Trinajstić information content (AvgIpc) is 2.98. The van der Waals surface area contributed by atoms with Crippen molar-refractivity contribution in [1.82, 2.24) is 20.4 Å². The standard InChI is InChI=1S/C18H34F3N5/c1-3-22-17(23-9-6-11-26-10-5-4-7-15(26)2)24-16-8-12-25(13-16)14-18(19,20)21/h15-16H,3-14H2,1-2H3,(H2,22,23,24). The fourth-order valence-electron chi connectivity index (χ4n) is 3.82. The van der Waals surface area contributed by atoms with Gasteiger partial charge < -0.3 is 15.5 Å². The minimum atomic E-state index is -4.13. The molecule has 2 N–H and O–H groups in total. The second-order valence-corrected chi connectivity index (χ2v) is 7.48.